The van der Waals surface area contributed by atoms with Gasteiger partial charge >= 0.3 is 0 Å². The molecular weight excluding hydrogens is 183 g/mol. The highest BCUT2D eigenvalue weighted by Gasteiger charge is 2.02. The van der Waals surface area contributed by atoms with E-state index in [1.165, 1.54) is 0 Å². The quantitative estimate of drug-likeness (QED) is 0.620. The van der Waals surface area contributed by atoms with E-state index in [4.69, 9.17) is 23.2 Å². The number of aldehydes is 1. The molecule has 0 spiro atoms. The number of hydrogen-bond donors (Lipinski definition) is 0. The molecule has 0 aliphatic carbocycles. The lowest BCUT2D eigenvalue weighted by Gasteiger charge is -2.00. The van der Waals surface area contributed by atoms with E-state index in [1.807, 2.05) is 0 Å². The van der Waals surface area contributed by atoms with Crippen molar-refractivity contribution in [2.24, 2.45) is 0 Å². The molecule has 11 heavy (non-hydrogen) atoms. The fourth-order valence-electron chi connectivity index (χ4n) is 0.733. The van der Waals surface area contributed by atoms with E-state index in [2.05, 4.69) is 0 Å². The summed E-state index contributed by atoms with van der Waals surface area (Å²) in [6.07, 6.45) is 0.719. The first-order chi connectivity index (χ1) is 5.15. The number of rotatable bonds is 1. The number of halogens is 2. The second-order valence-corrected chi connectivity index (χ2v) is 3.04. The Morgan fingerprint density at radius 3 is 2.09 bits per heavy atom. The molecule has 58 valence electrons. The van der Waals surface area contributed by atoms with Crippen molar-refractivity contribution in [1.29, 1.82) is 0 Å². The highest BCUT2D eigenvalue weighted by atomic mass is 35.5. The molecule has 0 aromatic heterocycles. The number of carbonyl (C=O) groups excluding carboxylic acids is 1. The Labute approximate surface area is 74.9 Å². The summed E-state index contributed by atoms with van der Waals surface area (Å²) < 4.78 is 0. The van der Waals surface area contributed by atoms with Gasteiger partial charge in [0.05, 0.1) is 0 Å². The van der Waals surface area contributed by atoms with Crippen LogP contribution < -0.4 is 0 Å². The van der Waals surface area contributed by atoms with Crippen LogP contribution in [0.1, 0.15) is 15.9 Å². The molecule has 0 bridgehead atoms. The van der Waals surface area contributed by atoms with Gasteiger partial charge < -0.3 is 0 Å². The fourth-order valence-corrected chi connectivity index (χ4v) is 1.24. The van der Waals surface area contributed by atoms with Crippen LogP contribution in [0.15, 0.2) is 12.1 Å². The number of benzene rings is 1. The molecule has 0 saturated carbocycles. The van der Waals surface area contributed by atoms with Crippen molar-refractivity contribution in [3.05, 3.63) is 33.3 Å². The van der Waals surface area contributed by atoms with E-state index in [0.717, 1.165) is 11.8 Å². The van der Waals surface area contributed by atoms with Crippen LogP contribution in [-0.4, -0.2) is 6.29 Å². The maximum atomic E-state index is 10.3. The summed E-state index contributed by atoms with van der Waals surface area (Å²) in [5, 5.41) is 1.05. The summed E-state index contributed by atoms with van der Waals surface area (Å²) in [7, 11) is 0. The zero-order chi connectivity index (χ0) is 8.43. The smallest absolute Gasteiger partial charge is 0.150 e. The number of carbonyl (C=O) groups is 1. The highest BCUT2D eigenvalue weighted by molar-refractivity contribution is 6.36. The molecule has 0 saturated heterocycles. The predicted molar refractivity (Wildman–Crippen MR) is 46.6 cm³/mol. The summed E-state index contributed by atoms with van der Waals surface area (Å²) in [5.41, 5.74) is 1.31. The molecule has 0 radical (unpaired) electrons. The topological polar surface area (TPSA) is 17.1 Å². The zero-order valence-electron chi connectivity index (χ0n) is 5.90. The van der Waals surface area contributed by atoms with E-state index in [1.54, 1.807) is 19.1 Å². The standard InChI is InChI=1S/C8H6Cl2O/c1-5-7(9)2-6(4-11)3-8(5)10/h2-4H,1H3. The maximum absolute atomic E-state index is 10.3. The third kappa shape index (κ3) is 1.73. The highest BCUT2D eigenvalue weighted by Crippen LogP contribution is 2.24. The Morgan fingerprint density at radius 2 is 1.73 bits per heavy atom. The minimum Gasteiger partial charge on any atom is -0.298 e. The van der Waals surface area contributed by atoms with Crippen LogP contribution in [0.3, 0.4) is 0 Å². The lowest BCUT2D eigenvalue weighted by atomic mass is 10.2. The first kappa shape index (κ1) is 8.57. The molecule has 1 nitrogen and oxygen atoms in total. The van der Waals surface area contributed by atoms with Crippen LogP contribution in [0, 0.1) is 6.92 Å². The SMILES string of the molecule is Cc1c(Cl)cc(C=O)cc1Cl. The minimum absolute atomic E-state index is 0.505. The third-order valence-corrected chi connectivity index (χ3v) is 2.22. The normalized spacial score (nSPS) is 9.73. The van der Waals surface area contributed by atoms with Gasteiger partial charge in [0.2, 0.25) is 0 Å². The van der Waals surface area contributed by atoms with Crippen molar-refractivity contribution in [1.82, 2.24) is 0 Å². The van der Waals surface area contributed by atoms with Gasteiger partial charge in [0.25, 0.3) is 0 Å². The zero-order valence-corrected chi connectivity index (χ0v) is 7.41. The van der Waals surface area contributed by atoms with Gasteiger partial charge in [-0.25, -0.2) is 0 Å². The second-order valence-electron chi connectivity index (χ2n) is 2.23. The second kappa shape index (κ2) is 3.24. The Morgan fingerprint density at radius 1 is 1.27 bits per heavy atom. The van der Waals surface area contributed by atoms with Gasteiger partial charge in [0, 0.05) is 15.6 Å². The molecule has 1 aromatic carbocycles. The van der Waals surface area contributed by atoms with Crippen molar-refractivity contribution >= 4 is 29.5 Å². The summed E-state index contributed by atoms with van der Waals surface area (Å²) in [6, 6.07) is 3.19. The van der Waals surface area contributed by atoms with Crippen LogP contribution in [0.25, 0.3) is 0 Å². The first-order valence-electron chi connectivity index (χ1n) is 3.06. The van der Waals surface area contributed by atoms with Gasteiger partial charge in [-0.3, -0.25) is 4.79 Å². The van der Waals surface area contributed by atoms with E-state index in [-0.39, 0.29) is 0 Å². The summed E-state index contributed by atoms with van der Waals surface area (Å²) >= 11 is 11.5. The molecule has 1 rings (SSSR count). The van der Waals surface area contributed by atoms with Gasteiger partial charge in [-0.05, 0) is 24.6 Å². The number of hydrogen-bond acceptors (Lipinski definition) is 1. The molecule has 0 unspecified atom stereocenters. The van der Waals surface area contributed by atoms with E-state index < -0.39 is 0 Å². The van der Waals surface area contributed by atoms with E-state index in [0.29, 0.717) is 15.6 Å². The molecule has 0 aliphatic rings. The van der Waals surface area contributed by atoms with Crippen molar-refractivity contribution in [3.8, 4) is 0 Å². The van der Waals surface area contributed by atoms with E-state index in [9.17, 15) is 4.79 Å². The largest absolute Gasteiger partial charge is 0.298 e. The van der Waals surface area contributed by atoms with Crippen molar-refractivity contribution in [2.75, 3.05) is 0 Å². The molecule has 0 atom stereocenters. The molecule has 3 heteroatoms. The van der Waals surface area contributed by atoms with Crippen LogP contribution in [0.5, 0.6) is 0 Å². The van der Waals surface area contributed by atoms with Gasteiger partial charge in [-0.2, -0.15) is 0 Å². The van der Waals surface area contributed by atoms with Gasteiger partial charge in [0.1, 0.15) is 6.29 Å². The molecule has 0 N–H and O–H groups in total. The summed E-state index contributed by atoms with van der Waals surface area (Å²) in [6.45, 7) is 1.80. The Kier molecular flexibility index (Phi) is 2.53. The molecule has 0 aliphatic heterocycles. The lowest BCUT2D eigenvalue weighted by Crippen LogP contribution is -1.83. The van der Waals surface area contributed by atoms with Crippen LogP contribution in [0.2, 0.25) is 10.0 Å². The Bertz CT molecular complexity index is 271. The van der Waals surface area contributed by atoms with E-state index >= 15 is 0 Å². The first-order valence-corrected chi connectivity index (χ1v) is 3.81. The average Bonchev–Trinajstić information content (AvgIpc) is 1.99. The van der Waals surface area contributed by atoms with Crippen molar-refractivity contribution in [2.45, 2.75) is 6.92 Å². The van der Waals surface area contributed by atoms with Crippen LogP contribution in [0.4, 0.5) is 0 Å². The fraction of sp³-hybridized carbons (Fsp3) is 0.125. The monoisotopic (exact) mass is 188 g/mol. The molecule has 1 aromatic rings. The van der Waals surface area contributed by atoms with Gasteiger partial charge in [0.15, 0.2) is 0 Å². The predicted octanol–water partition coefficient (Wildman–Crippen LogP) is 3.11. The summed E-state index contributed by atoms with van der Waals surface area (Å²) in [5.74, 6) is 0. The van der Waals surface area contributed by atoms with Gasteiger partial charge in [-0.15, -0.1) is 0 Å². The molecule has 0 fully saturated rings. The van der Waals surface area contributed by atoms with Crippen molar-refractivity contribution in [3.63, 3.8) is 0 Å². The maximum Gasteiger partial charge on any atom is 0.150 e. The van der Waals surface area contributed by atoms with Crippen LogP contribution in [-0.2, 0) is 0 Å². The van der Waals surface area contributed by atoms with Gasteiger partial charge in [-0.1, -0.05) is 23.2 Å². The lowest BCUT2D eigenvalue weighted by molar-refractivity contribution is 0.112. The Balaban J connectivity index is 3.31. The minimum atomic E-state index is 0.505. The summed E-state index contributed by atoms with van der Waals surface area (Å²) in [4.78, 5) is 10.3. The van der Waals surface area contributed by atoms with Crippen LogP contribution >= 0.6 is 23.2 Å². The molecular formula is C8H6Cl2O. The Hall–Kier alpha value is -0.530. The molecule has 0 heterocycles. The van der Waals surface area contributed by atoms with Crippen molar-refractivity contribution < 1.29 is 4.79 Å². The average molecular weight is 189 g/mol. The molecule has 0 amide bonds. The third-order valence-electron chi connectivity index (χ3n) is 1.44.